The van der Waals surface area contributed by atoms with Crippen molar-refractivity contribution in [1.29, 1.82) is 0 Å². The molecule has 0 atom stereocenters. The maximum Gasteiger partial charge on any atom is 0.210 e. The number of aromatic hydroxyl groups is 1. The van der Waals surface area contributed by atoms with Gasteiger partial charge in [0.1, 0.15) is 5.75 Å². The van der Waals surface area contributed by atoms with Crippen LogP contribution in [0.3, 0.4) is 0 Å². The van der Waals surface area contributed by atoms with E-state index in [-0.39, 0.29) is 15.8 Å². The van der Waals surface area contributed by atoms with Crippen LogP contribution < -0.4 is 5.73 Å². The number of nitrogens with zero attached hydrogens (tertiary/aromatic N) is 1. The number of aromatic nitrogens is 1. The summed E-state index contributed by atoms with van der Waals surface area (Å²) in [4.78, 5) is 4.16. The zero-order valence-electron chi connectivity index (χ0n) is 10.9. The SMILES string of the molecule is Nc1ccc2nc(S(=O)(=O)Cc3cccc(O)c3)sc2c1. The van der Waals surface area contributed by atoms with E-state index in [1.807, 2.05) is 0 Å². The van der Waals surface area contributed by atoms with Crippen molar-refractivity contribution in [1.82, 2.24) is 4.98 Å². The summed E-state index contributed by atoms with van der Waals surface area (Å²) in [6, 6.07) is 11.3. The van der Waals surface area contributed by atoms with Gasteiger partial charge in [0.2, 0.25) is 14.2 Å². The Bertz CT molecular complexity index is 917. The van der Waals surface area contributed by atoms with Gasteiger partial charge in [-0.15, -0.1) is 11.3 Å². The van der Waals surface area contributed by atoms with Crippen LogP contribution in [0.2, 0.25) is 0 Å². The lowest BCUT2D eigenvalue weighted by atomic mass is 10.2. The molecular formula is C14H12N2O3S2. The van der Waals surface area contributed by atoms with Crippen molar-refractivity contribution in [3.05, 3.63) is 48.0 Å². The largest absolute Gasteiger partial charge is 0.508 e. The smallest absolute Gasteiger partial charge is 0.210 e. The molecule has 0 spiro atoms. The third-order valence-electron chi connectivity index (χ3n) is 2.93. The second-order valence-corrected chi connectivity index (χ2v) is 7.83. The number of sulfone groups is 1. The Balaban J connectivity index is 2.00. The normalized spacial score (nSPS) is 11.8. The van der Waals surface area contributed by atoms with E-state index >= 15 is 0 Å². The minimum absolute atomic E-state index is 0.0415. The van der Waals surface area contributed by atoms with Gasteiger partial charge in [0.05, 0.1) is 16.0 Å². The summed E-state index contributed by atoms with van der Waals surface area (Å²) in [6.07, 6.45) is 0. The fourth-order valence-corrected chi connectivity index (χ4v) is 4.66. The summed E-state index contributed by atoms with van der Waals surface area (Å²) in [5.74, 6) is -0.156. The van der Waals surface area contributed by atoms with Crippen molar-refractivity contribution in [2.45, 2.75) is 10.1 Å². The Kier molecular flexibility index (Phi) is 3.30. The highest BCUT2D eigenvalue weighted by Crippen LogP contribution is 2.29. The van der Waals surface area contributed by atoms with Gasteiger partial charge in [-0.1, -0.05) is 12.1 Å². The van der Waals surface area contributed by atoms with Gasteiger partial charge in [-0.05, 0) is 35.9 Å². The van der Waals surface area contributed by atoms with Crippen molar-refractivity contribution in [2.24, 2.45) is 0 Å². The van der Waals surface area contributed by atoms with Crippen LogP contribution in [0.1, 0.15) is 5.56 Å². The molecule has 0 amide bonds. The minimum Gasteiger partial charge on any atom is -0.508 e. The highest BCUT2D eigenvalue weighted by Gasteiger charge is 2.20. The summed E-state index contributed by atoms with van der Waals surface area (Å²) in [5.41, 5.74) is 7.39. The Hall–Kier alpha value is -2.12. The van der Waals surface area contributed by atoms with Crippen LogP contribution in [0.5, 0.6) is 5.75 Å². The number of benzene rings is 2. The lowest BCUT2D eigenvalue weighted by Crippen LogP contribution is -2.04. The first-order valence-corrected chi connectivity index (χ1v) is 8.58. The van der Waals surface area contributed by atoms with Gasteiger partial charge in [-0.25, -0.2) is 13.4 Å². The zero-order chi connectivity index (χ0) is 15.0. The van der Waals surface area contributed by atoms with E-state index in [9.17, 15) is 13.5 Å². The molecule has 0 aliphatic heterocycles. The number of rotatable bonds is 3. The van der Waals surface area contributed by atoms with Crippen molar-refractivity contribution in [3.63, 3.8) is 0 Å². The Morgan fingerprint density at radius 3 is 2.76 bits per heavy atom. The van der Waals surface area contributed by atoms with Crippen LogP contribution in [-0.4, -0.2) is 18.5 Å². The van der Waals surface area contributed by atoms with Crippen LogP contribution in [-0.2, 0) is 15.6 Å². The Morgan fingerprint density at radius 1 is 1.19 bits per heavy atom. The first kappa shape index (κ1) is 13.8. The number of hydrogen-bond acceptors (Lipinski definition) is 6. The topological polar surface area (TPSA) is 93.3 Å². The van der Waals surface area contributed by atoms with E-state index in [1.165, 1.54) is 12.1 Å². The van der Waals surface area contributed by atoms with E-state index in [1.54, 1.807) is 30.3 Å². The molecule has 1 aromatic heterocycles. The molecule has 0 aliphatic carbocycles. The molecule has 108 valence electrons. The summed E-state index contributed by atoms with van der Waals surface area (Å²) < 4.78 is 25.6. The van der Waals surface area contributed by atoms with Crippen LogP contribution in [0.15, 0.2) is 46.8 Å². The van der Waals surface area contributed by atoms with Gasteiger partial charge in [-0.3, -0.25) is 0 Å². The molecule has 3 rings (SSSR count). The van der Waals surface area contributed by atoms with Gasteiger partial charge < -0.3 is 10.8 Å². The predicted molar refractivity (Wildman–Crippen MR) is 83.0 cm³/mol. The summed E-state index contributed by atoms with van der Waals surface area (Å²) in [6.45, 7) is 0. The van der Waals surface area contributed by atoms with E-state index in [0.29, 0.717) is 16.8 Å². The molecule has 0 saturated heterocycles. The van der Waals surface area contributed by atoms with Crippen LogP contribution >= 0.6 is 11.3 Å². The molecule has 2 aromatic carbocycles. The fraction of sp³-hybridized carbons (Fsp3) is 0.0714. The maximum atomic E-state index is 12.4. The van der Waals surface area contributed by atoms with Crippen LogP contribution in [0, 0.1) is 0 Å². The molecule has 21 heavy (non-hydrogen) atoms. The Morgan fingerprint density at radius 2 is 2.00 bits per heavy atom. The molecule has 3 N–H and O–H groups in total. The molecule has 5 nitrogen and oxygen atoms in total. The average Bonchev–Trinajstić information content (AvgIpc) is 2.82. The van der Waals surface area contributed by atoms with Crippen molar-refractivity contribution in [3.8, 4) is 5.75 Å². The molecule has 1 heterocycles. The second kappa shape index (κ2) is 5.01. The molecular weight excluding hydrogens is 308 g/mol. The lowest BCUT2D eigenvalue weighted by molar-refractivity contribution is 0.475. The number of anilines is 1. The number of phenolic OH excluding ortho intramolecular Hbond substituents is 1. The Labute approximate surface area is 125 Å². The van der Waals surface area contributed by atoms with E-state index < -0.39 is 9.84 Å². The third kappa shape index (κ3) is 2.84. The molecule has 0 aliphatic rings. The number of thiazole rings is 1. The molecule has 0 radical (unpaired) electrons. The molecule has 3 aromatic rings. The van der Waals surface area contributed by atoms with Crippen LogP contribution in [0.4, 0.5) is 5.69 Å². The third-order valence-corrected chi connectivity index (χ3v) is 6.09. The number of nitrogen functional groups attached to an aromatic ring is 1. The predicted octanol–water partition coefficient (Wildman–Crippen LogP) is 2.56. The standard InChI is InChI=1S/C14H12N2O3S2/c15-10-4-5-12-13(7-10)20-14(16-12)21(18,19)8-9-2-1-3-11(17)6-9/h1-7,17H,8,15H2. The fourth-order valence-electron chi connectivity index (χ4n) is 1.98. The number of nitrogens with two attached hydrogens (primary N) is 1. The number of phenols is 1. The van der Waals surface area contributed by atoms with E-state index in [0.717, 1.165) is 16.0 Å². The minimum atomic E-state index is -3.55. The first-order valence-electron chi connectivity index (χ1n) is 6.11. The van der Waals surface area contributed by atoms with Gasteiger partial charge in [0, 0.05) is 5.69 Å². The van der Waals surface area contributed by atoms with Crippen molar-refractivity contribution < 1.29 is 13.5 Å². The van der Waals surface area contributed by atoms with Crippen LogP contribution in [0.25, 0.3) is 10.2 Å². The highest BCUT2D eigenvalue weighted by atomic mass is 32.2. The number of fused-ring (bicyclic) bond motifs is 1. The van der Waals surface area contributed by atoms with E-state index in [2.05, 4.69) is 4.98 Å². The highest BCUT2D eigenvalue weighted by molar-refractivity contribution is 7.92. The average molecular weight is 320 g/mol. The second-order valence-electron chi connectivity index (χ2n) is 4.64. The molecule has 0 saturated carbocycles. The van der Waals surface area contributed by atoms with Gasteiger partial charge in [-0.2, -0.15) is 0 Å². The summed E-state index contributed by atoms with van der Waals surface area (Å²) in [7, 11) is -3.55. The monoisotopic (exact) mass is 320 g/mol. The molecule has 0 unspecified atom stereocenters. The number of hydrogen-bond donors (Lipinski definition) is 2. The van der Waals surface area contributed by atoms with Gasteiger partial charge in [0.25, 0.3) is 0 Å². The molecule has 7 heteroatoms. The van der Waals surface area contributed by atoms with Gasteiger partial charge in [0.15, 0.2) is 0 Å². The molecule has 0 fully saturated rings. The zero-order valence-corrected chi connectivity index (χ0v) is 12.5. The summed E-state index contributed by atoms with van der Waals surface area (Å²) in [5, 5.41) is 9.40. The maximum absolute atomic E-state index is 12.4. The van der Waals surface area contributed by atoms with Crippen molar-refractivity contribution in [2.75, 3.05) is 5.73 Å². The molecule has 0 bridgehead atoms. The van der Waals surface area contributed by atoms with E-state index in [4.69, 9.17) is 5.73 Å². The van der Waals surface area contributed by atoms with Crippen molar-refractivity contribution >= 4 is 37.1 Å². The quantitative estimate of drug-likeness (QED) is 0.723. The summed E-state index contributed by atoms with van der Waals surface area (Å²) >= 11 is 1.10. The van der Waals surface area contributed by atoms with Gasteiger partial charge >= 0.3 is 0 Å². The first-order chi connectivity index (χ1) is 9.94. The lowest BCUT2D eigenvalue weighted by Gasteiger charge is -2.01.